The molecule has 0 amide bonds. The van der Waals surface area contributed by atoms with Crippen molar-refractivity contribution >= 4 is 0 Å². The van der Waals surface area contributed by atoms with Crippen LogP contribution < -0.4 is 5.32 Å². The van der Waals surface area contributed by atoms with Crippen LogP contribution >= 0.6 is 0 Å². The largest absolute Gasteiger partial charge is 0.308 e. The van der Waals surface area contributed by atoms with E-state index in [9.17, 15) is 4.39 Å². The molecule has 0 spiro atoms. The van der Waals surface area contributed by atoms with Crippen molar-refractivity contribution < 1.29 is 4.39 Å². The Morgan fingerprint density at radius 2 is 2.26 bits per heavy atom. The van der Waals surface area contributed by atoms with Crippen molar-refractivity contribution in [1.82, 2.24) is 20.3 Å². The van der Waals surface area contributed by atoms with Crippen LogP contribution in [0.5, 0.6) is 0 Å². The van der Waals surface area contributed by atoms with E-state index in [-0.39, 0.29) is 5.82 Å². The Labute approximate surface area is 111 Å². The number of rotatable bonds is 5. The van der Waals surface area contributed by atoms with E-state index in [4.69, 9.17) is 0 Å². The zero-order valence-corrected chi connectivity index (χ0v) is 10.9. The van der Waals surface area contributed by atoms with Crippen LogP contribution in [0.4, 0.5) is 4.39 Å². The van der Waals surface area contributed by atoms with Gasteiger partial charge in [-0.2, -0.15) is 0 Å². The second kappa shape index (κ2) is 5.09. The minimum atomic E-state index is -0.200. The molecule has 1 fully saturated rings. The molecule has 100 valence electrons. The third-order valence-electron chi connectivity index (χ3n) is 3.37. The highest BCUT2D eigenvalue weighted by Crippen LogP contribution is 2.19. The maximum atomic E-state index is 13.0. The maximum Gasteiger partial charge on any atom is 0.123 e. The normalized spacial score (nSPS) is 14.8. The zero-order chi connectivity index (χ0) is 13.2. The monoisotopic (exact) mass is 260 g/mol. The number of nitrogens with zero attached hydrogens (tertiary/aromatic N) is 3. The minimum absolute atomic E-state index is 0.200. The Morgan fingerprint density at radius 1 is 1.42 bits per heavy atom. The van der Waals surface area contributed by atoms with E-state index in [0.29, 0.717) is 12.6 Å². The number of aromatic nitrogens is 3. The lowest BCUT2D eigenvalue weighted by molar-refractivity contribution is 0.618. The van der Waals surface area contributed by atoms with E-state index < -0.39 is 0 Å². The van der Waals surface area contributed by atoms with Crippen LogP contribution in [0.3, 0.4) is 0 Å². The van der Waals surface area contributed by atoms with Crippen molar-refractivity contribution in [3.63, 3.8) is 0 Å². The highest BCUT2D eigenvalue weighted by molar-refractivity contribution is 5.26. The van der Waals surface area contributed by atoms with Crippen molar-refractivity contribution in [1.29, 1.82) is 0 Å². The molecule has 19 heavy (non-hydrogen) atoms. The van der Waals surface area contributed by atoms with E-state index in [1.54, 1.807) is 16.8 Å². The molecule has 0 atom stereocenters. The molecule has 4 nitrogen and oxygen atoms in total. The van der Waals surface area contributed by atoms with Gasteiger partial charge >= 0.3 is 0 Å². The number of benzene rings is 1. The average Bonchev–Trinajstić information content (AvgIpc) is 3.10. The van der Waals surface area contributed by atoms with E-state index in [0.717, 1.165) is 23.4 Å². The van der Waals surface area contributed by atoms with Crippen LogP contribution in [0.15, 0.2) is 24.4 Å². The lowest BCUT2D eigenvalue weighted by Crippen LogP contribution is -2.15. The van der Waals surface area contributed by atoms with Gasteiger partial charge in [0.2, 0.25) is 0 Å². The van der Waals surface area contributed by atoms with E-state index >= 15 is 0 Å². The van der Waals surface area contributed by atoms with Crippen LogP contribution in [0.2, 0.25) is 0 Å². The molecule has 1 aromatic carbocycles. The summed E-state index contributed by atoms with van der Waals surface area (Å²) in [5.41, 5.74) is 2.95. The summed E-state index contributed by atoms with van der Waals surface area (Å²) in [5.74, 6) is -0.200. The molecule has 1 aliphatic carbocycles. The van der Waals surface area contributed by atoms with Gasteiger partial charge in [0.05, 0.1) is 18.4 Å². The first kappa shape index (κ1) is 12.3. The van der Waals surface area contributed by atoms with Gasteiger partial charge in [0.1, 0.15) is 5.82 Å². The van der Waals surface area contributed by atoms with Crippen LogP contribution in [-0.2, 0) is 13.1 Å². The van der Waals surface area contributed by atoms with Crippen LogP contribution in [-0.4, -0.2) is 21.0 Å². The van der Waals surface area contributed by atoms with Gasteiger partial charge in [-0.1, -0.05) is 11.3 Å². The Bertz CT molecular complexity index is 575. The van der Waals surface area contributed by atoms with Gasteiger partial charge in [0.25, 0.3) is 0 Å². The number of halogens is 1. The summed E-state index contributed by atoms with van der Waals surface area (Å²) in [6.45, 7) is 3.31. The summed E-state index contributed by atoms with van der Waals surface area (Å²) in [4.78, 5) is 0. The molecular formula is C14H17FN4. The fourth-order valence-electron chi connectivity index (χ4n) is 2.04. The smallest absolute Gasteiger partial charge is 0.123 e. The quantitative estimate of drug-likeness (QED) is 0.894. The highest BCUT2D eigenvalue weighted by atomic mass is 19.1. The minimum Gasteiger partial charge on any atom is -0.308 e. The molecule has 2 aromatic rings. The topological polar surface area (TPSA) is 42.7 Å². The van der Waals surface area contributed by atoms with Crippen LogP contribution in [0, 0.1) is 12.7 Å². The summed E-state index contributed by atoms with van der Waals surface area (Å²) in [5, 5.41) is 11.6. The second-order valence-corrected chi connectivity index (χ2v) is 5.13. The Hall–Kier alpha value is -1.75. The van der Waals surface area contributed by atoms with E-state index in [1.165, 1.54) is 18.9 Å². The molecule has 5 heteroatoms. The fraction of sp³-hybridized carbons (Fsp3) is 0.429. The van der Waals surface area contributed by atoms with Gasteiger partial charge in [0.15, 0.2) is 0 Å². The van der Waals surface area contributed by atoms with Gasteiger partial charge in [-0.25, -0.2) is 9.07 Å². The summed E-state index contributed by atoms with van der Waals surface area (Å²) in [7, 11) is 0. The van der Waals surface area contributed by atoms with Crippen LogP contribution in [0.25, 0.3) is 0 Å². The predicted molar refractivity (Wildman–Crippen MR) is 70.1 cm³/mol. The van der Waals surface area contributed by atoms with Crippen LogP contribution in [0.1, 0.15) is 29.7 Å². The van der Waals surface area contributed by atoms with Gasteiger partial charge in [-0.15, -0.1) is 5.10 Å². The Kier molecular flexibility index (Phi) is 3.29. The number of hydrogen-bond donors (Lipinski definition) is 1. The number of aryl methyl sites for hydroxylation is 1. The molecule has 1 heterocycles. The van der Waals surface area contributed by atoms with Gasteiger partial charge in [-0.3, -0.25) is 0 Å². The first-order chi connectivity index (χ1) is 9.20. The Balaban J connectivity index is 1.65. The average molecular weight is 260 g/mol. The van der Waals surface area contributed by atoms with E-state index in [2.05, 4.69) is 15.6 Å². The molecule has 1 saturated carbocycles. The van der Waals surface area contributed by atoms with Gasteiger partial charge < -0.3 is 5.32 Å². The summed E-state index contributed by atoms with van der Waals surface area (Å²) >= 11 is 0. The molecule has 0 radical (unpaired) electrons. The molecule has 0 saturated heterocycles. The van der Waals surface area contributed by atoms with Crippen molar-refractivity contribution in [3.05, 3.63) is 47.0 Å². The molecule has 1 aromatic heterocycles. The molecular weight excluding hydrogens is 243 g/mol. The third kappa shape index (κ3) is 3.17. The maximum absolute atomic E-state index is 13.0. The van der Waals surface area contributed by atoms with E-state index in [1.807, 2.05) is 13.1 Å². The summed E-state index contributed by atoms with van der Waals surface area (Å²) < 4.78 is 14.8. The summed E-state index contributed by atoms with van der Waals surface area (Å²) in [6, 6.07) is 5.50. The number of nitrogens with one attached hydrogen (secondary N) is 1. The fourth-order valence-corrected chi connectivity index (χ4v) is 2.04. The van der Waals surface area contributed by atoms with Crippen molar-refractivity contribution in [2.75, 3.05) is 0 Å². The molecule has 1 aliphatic rings. The van der Waals surface area contributed by atoms with Crippen molar-refractivity contribution in [2.45, 2.75) is 38.9 Å². The SMILES string of the molecule is Cc1cc(F)ccc1Cn1cc(CNC2CC2)nn1. The summed E-state index contributed by atoms with van der Waals surface area (Å²) in [6.07, 6.45) is 4.48. The highest BCUT2D eigenvalue weighted by Gasteiger charge is 2.20. The molecule has 0 unspecified atom stereocenters. The lowest BCUT2D eigenvalue weighted by Gasteiger charge is -2.05. The molecule has 0 bridgehead atoms. The van der Waals surface area contributed by atoms with Crippen molar-refractivity contribution in [3.8, 4) is 0 Å². The first-order valence-corrected chi connectivity index (χ1v) is 6.58. The number of hydrogen-bond acceptors (Lipinski definition) is 3. The molecule has 3 rings (SSSR count). The van der Waals surface area contributed by atoms with Gasteiger partial charge in [0, 0.05) is 12.6 Å². The van der Waals surface area contributed by atoms with Gasteiger partial charge in [-0.05, 0) is 43.0 Å². The first-order valence-electron chi connectivity index (χ1n) is 6.58. The zero-order valence-electron chi connectivity index (χ0n) is 10.9. The molecule has 0 aliphatic heterocycles. The van der Waals surface area contributed by atoms with Crippen molar-refractivity contribution in [2.24, 2.45) is 0 Å². The standard InChI is InChI=1S/C14H17FN4/c1-10-6-12(15)3-2-11(10)8-19-9-14(17-18-19)7-16-13-4-5-13/h2-3,6,9,13,16H,4-5,7-8H2,1H3. The lowest BCUT2D eigenvalue weighted by atomic mass is 10.1. The predicted octanol–water partition coefficient (Wildman–Crippen LogP) is 2.03. The Morgan fingerprint density at radius 3 is 3.00 bits per heavy atom. The third-order valence-corrected chi connectivity index (χ3v) is 3.37. The second-order valence-electron chi connectivity index (χ2n) is 5.13. The molecule has 1 N–H and O–H groups in total.